The quantitative estimate of drug-likeness (QED) is 0.541. The van der Waals surface area contributed by atoms with Crippen molar-refractivity contribution in [2.24, 2.45) is 0 Å². The van der Waals surface area contributed by atoms with Gasteiger partial charge in [-0.2, -0.15) is 0 Å². The van der Waals surface area contributed by atoms with Crippen molar-refractivity contribution in [3.63, 3.8) is 0 Å². The van der Waals surface area contributed by atoms with Crippen LogP contribution < -0.4 is 15.5 Å². The molecule has 0 unspecified atom stereocenters. The lowest BCUT2D eigenvalue weighted by molar-refractivity contribution is -0.0212. The zero-order chi connectivity index (χ0) is 24.8. The van der Waals surface area contributed by atoms with Gasteiger partial charge >= 0.3 is 0 Å². The average molecular weight is 506 g/mol. The first kappa shape index (κ1) is 25.5. The molecule has 2 aliphatic rings. The molecule has 9 nitrogen and oxygen atoms in total. The number of hydrogen-bond donors (Lipinski definition) is 2. The Morgan fingerprint density at radius 1 is 1.29 bits per heavy atom. The Morgan fingerprint density at radius 3 is 2.89 bits per heavy atom. The number of aromatic nitrogens is 1. The number of nitrogens with zero attached hydrogens (tertiary/aromatic N) is 3. The van der Waals surface area contributed by atoms with Crippen LogP contribution in [0, 0.1) is 0 Å². The monoisotopic (exact) mass is 505 g/mol. The molecule has 0 bridgehead atoms. The van der Waals surface area contributed by atoms with E-state index in [0.29, 0.717) is 24.4 Å². The summed E-state index contributed by atoms with van der Waals surface area (Å²) < 4.78 is 23.7. The van der Waals surface area contributed by atoms with E-state index in [1.165, 1.54) is 11.3 Å². The molecule has 0 aliphatic carbocycles. The Labute approximate surface area is 208 Å². The summed E-state index contributed by atoms with van der Waals surface area (Å²) in [6, 6.07) is 5.37. The summed E-state index contributed by atoms with van der Waals surface area (Å²) in [6.45, 7) is 5.77. The lowest BCUT2D eigenvalue weighted by Gasteiger charge is -2.31. The van der Waals surface area contributed by atoms with Crippen LogP contribution in [0.5, 0.6) is 0 Å². The van der Waals surface area contributed by atoms with Crippen LogP contribution in [0.15, 0.2) is 23.6 Å². The van der Waals surface area contributed by atoms with Crippen LogP contribution in [0.1, 0.15) is 39.8 Å². The molecule has 1 aromatic carbocycles. The van der Waals surface area contributed by atoms with Crippen molar-refractivity contribution in [3.8, 4) is 0 Å². The van der Waals surface area contributed by atoms with E-state index in [2.05, 4.69) is 25.4 Å². The van der Waals surface area contributed by atoms with E-state index in [-0.39, 0.29) is 24.4 Å². The number of morpholine rings is 1. The molecule has 2 N–H and O–H groups in total. The molecule has 190 valence electrons. The van der Waals surface area contributed by atoms with Gasteiger partial charge in [0.1, 0.15) is 12.4 Å². The van der Waals surface area contributed by atoms with Crippen LogP contribution >= 0.6 is 11.3 Å². The minimum absolute atomic E-state index is 0.0921. The van der Waals surface area contributed by atoms with E-state index in [0.717, 1.165) is 43.3 Å². The normalized spacial score (nSPS) is 20.7. The minimum atomic E-state index is -0.666. The summed E-state index contributed by atoms with van der Waals surface area (Å²) in [7, 11) is 1.70. The molecule has 2 aliphatic heterocycles. The lowest BCUT2D eigenvalue weighted by Crippen LogP contribution is -2.40. The van der Waals surface area contributed by atoms with Gasteiger partial charge < -0.3 is 25.0 Å². The second-order valence-electron chi connectivity index (χ2n) is 8.80. The van der Waals surface area contributed by atoms with Crippen molar-refractivity contribution in [2.45, 2.75) is 32.1 Å². The van der Waals surface area contributed by atoms with Gasteiger partial charge in [-0.15, -0.1) is 11.3 Å². The summed E-state index contributed by atoms with van der Waals surface area (Å²) >= 11 is 1.40. The van der Waals surface area contributed by atoms with E-state index in [9.17, 15) is 14.0 Å². The van der Waals surface area contributed by atoms with Gasteiger partial charge in [0.15, 0.2) is 5.13 Å². The molecule has 0 spiro atoms. The van der Waals surface area contributed by atoms with Crippen molar-refractivity contribution in [2.75, 3.05) is 63.3 Å². The topological polar surface area (TPSA) is 96.0 Å². The fraction of sp³-hybridized carbons (Fsp3) is 0.542. The number of methoxy groups -OCH3 is 1. The van der Waals surface area contributed by atoms with Crippen molar-refractivity contribution in [1.82, 2.24) is 15.2 Å². The predicted molar refractivity (Wildman–Crippen MR) is 133 cm³/mol. The van der Waals surface area contributed by atoms with Crippen molar-refractivity contribution in [1.29, 1.82) is 0 Å². The molecule has 3 heterocycles. The molecule has 2 atom stereocenters. The standard InChI is InChI=1S/C24H32FN5O4S/c1-16-12-29(9-10-34-16)13-17-3-4-20(19(11-17)22(31)26-7-6-25)27-23(32)21-15-35-24(28-21)30-8-5-18(14-30)33-2/h3-4,11,15-16,18H,5-10,12-14H2,1-2H3,(H,26,31)(H,27,32)/t16-,18-/m0/s1. The number of amides is 2. The SMILES string of the molecule is CO[C@H]1CCN(c2nc(C(=O)Nc3ccc(CN4CCO[C@@H](C)C4)cc3C(=O)NCCF)cs2)C1. The van der Waals surface area contributed by atoms with Gasteiger partial charge in [-0.25, -0.2) is 9.37 Å². The number of anilines is 2. The van der Waals surface area contributed by atoms with Crippen molar-refractivity contribution >= 4 is 34.0 Å². The highest BCUT2D eigenvalue weighted by Crippen LogP contribution is 2.26. The Kier molecular flexibility index (Phi) is 8.66. The number of hydrogen-bond acceptors (Lipinski definition) is 8. The molecule has 1 aromatic heterocycles. The first-order chi connectivity index (χ1) is 17.0. The van der Waals surface area contributed by atoms with Crippen molar-refractivity contribution in [3.05, 3.63) is 40.4 Å². The Morgan fingerprint density at radius 2 is 2.14 bits per heavy atom. The van der Waals surface area contributed by atoms with Crippen molar-refractivity contribution < 1.29 is 23.5 Å². The zero-order valence-corrected chi connectivity index (χ0v) is 20.9. The van der Waals surface area contributed by atoms with E-state index < -0.39 is 18.5 Å². The number of benzene rings is 1. The van der Waals surface area contributed by atoms with Gasteiger partial charge in [0.25, 0.3) is 11.8 Å². The fourth-order valence-electron chi connectivity index (χ4n) is 4.33. The van der Waals surface area contributed by atoms with Crippen LogP contribution in [0.25, 0.3) is 0 Å². The van der Waals surface area contributed by atoms with Gasteiger partial charge in [0.2, 0.25) is 0 Å². The summed E-state index contributed by atoms with van der Waals surface area (Å²) in [5.74, 6) is -0.832. The molecule has 35 heavy (non-hydrogen) atoms. The third-order valence-electron chi connectivity index (χ3n) is 6.16. The van der Waals surface area contributed by atoms with E-state index in [1.807, 2.05) is 13.0 Å². The molecule has 11 heteroatoms. The number of halogens is 1. The predicted octanol–water partition coefficient (Wildman–Crippen LogP) is 2.54. The van der Waals surface area contributed by atoms with E-state index >= 15 is 0 Å². The molecule has 0 saturated carbocycles. The summed E-state index contributed by atoms with van der Waals surface area (Å²) in [5, 5.41) is 7.86. The number of carbonyl (C=O) groups is 2. The maximum atomic E-state index is 13.0. The first-order valence-electron chi connectivity index (χ1n) is 11.8. The molecule has 4 rings (SSSR count). The van der Waals surface area contributed by atoms with Gasteiger partial charge in [0.05, 0.1) is 30.1 Å². The third kappa shape index (κ3) is 6.54. The smallest absolute Gasteiger partial charge is 0.275 e. The maximum absolute atomic E-state index is 13.0. The largest absolute Gasteiger partial charge is 0.380 e. The Balaban J connectivity index is 1.48. The highest BCUT2D eigenvalue weighted by Gasteiger charge is 2.25. The molecule has 2 aromatic rings. The summed E-state index contributed by atoms with van der Waals surface area (Å²) in [4.78, 5) is 34.6. The Hall–Kier alpha value is -2.60. The van der Waals surface area contributed by atoms with Crippen LogP contribution in [-0.4, -0.2) is 87.0 Å². The summed E-state index contributed by atoms with van der Waals surface area (Å²) in [5.41, 5.74) is 1.87. The van der Waals surface area contributed by atoms with Crippen LogP contribution in [0.3, 0.4) is 0 Å². The molecule has 2 saturated heterocycles. The van der Waals surface area contributed by atoms with E-state index in [4.69, 9.17) is 9.47 Å². The molecule has 2 amide bonds. The van der Waals surface area contributed by atoms with Gasteiger partial charge in [-0.1, -0.05) is 6.07 Å². The van der Waals surface area contributed by atoms with Crippen LogP contribution in [0.4, 0.5) is 15.2 Å². The molecule has 0 radical (unpaired) electrons. The summed E-state index contributed by atoms with van der Waals surface area (Å²) in [6.07, 6.45) is 1.24. The highest BCUT2D eigenvalue weighted by molar-refractivity contribution is 7.14. The number of thiazole rings is 1. The lowest BCUT2D eigenvalue weighted by atomic mass is 10.1. The third-order valence-corrected chi connectivity index (χ3v) is 7.06. The van der Waals surface area contributed by atoms with Gasteiger partial charge in [0, 0.05) is 51.8 Å². The second kappa shape index (κ2) is 11.9. The van der Waals surface area contributed by atoms with Gasteiger partial charge in [-0.3, -0.25) is 14.5 Å². The van der Waals surface area contributed by atoms with Crippen LogP contribution in [0.2, 0.25) is 0 Å². The molecule has 2 fully saturated rings. The number of carbonyl (C=O) groups excluding carboxylic acids is 2. The highest BCUT2D eigenvalue weighted by atomic mass is 32.1. The maximum Gasteiger partial charge on any atom is 0.275 e. The fourth-order valence-corrected chi connectivity index (χ4v) is 5.17. The molecular weight excluding hydrogens is 473 g/mol. The number of ether oxygens (including phenoxy) is 2. The second-order valence-corrected chi connectivity index (χ2v) is 9.64. The van der Waals surface area contributed by atoms with E-state index in [1.54, 1.807) is 24.6 Å². The first-order valence-corrected chi connectivity index (χ1v) is 12.7. The number of nitrogens with one attached hydrogen (secondary N) is 2. The van der Waals surface area contributed by atoms with Gasteiger partial charge in [-0.05, 0) is 31.0 Å². The minimum Gasteiger partial charge on any atom is -0.380 e. The average Bonchev–Trinajstić information content (AvgIpc) is 3.53. The Bertz CT molecular complexity index is 1040. The number of alkyl halides is 1. The van der Waals surface area contributed by atoms with Crippen LogP contribution in [-0.2, 0) is 16.0 Å². The number of rotatable bonds is 9. The zero-order valence-electron chi connectivity index (χ0n) is 20.1. The molecular formula is C24H32FN5O4S.